The topological polar surface area (TPSA) is 89.2 Å². The summed E-state index contributed by atoms with van der Waals surface area (Å²) in [4.78, 5) is 10.3. The van der Waals surface area contributed by atoms with E-state index in [-0.39, 0.29) is 12.1 Å². The summed E-state index contributed by atoms with van der Waals surface area (Å²) in [6.45, 7) is 2.10. The maximum Gasteiger partial charge on any atom is 0.220 e. The fraction of sp³-hybridized carbons (Fsp3) is 0.385. The lowest BCUT2D eigenvalue weighted by atomic mass is 10.2. The van der Waals surface area contributed by atoms with Crippen molar-refractivity contribution >= 4 is 17.6 Å². The monoisotopic (exact) mass is 261 g/mol. The van der Waals surface area contributed by atoms with E-state index in [9.17, 15) is 0 Å². The number of methoxy groups -OCH3 is 1. The van der Waals surface area contributed by atoms with Gasteiger partial charge in [0.15, 0.2) is 0 Å². The lowest BCUT2D eigenvalue weighted by Crippen LogP contribution is -2.48. The number of anilines is 1. The van der Waals surface area contributed by atoms with Gasteiger partial charge in [-0.1, -0.05) is 13.3 Å². The highest BCUT2D eigenvalue weighted by molar-refractivity contribution is 6.04. The second-order valence-electron chi connectivity index (χ2n) is 4.29. The highest BCUT2D eigenvalue weighted by Crippen LogP contribution is 2.24. The summed E-state index contributed by atoms with van der Waals surface area (Å²) in [6, 6.07) is 7.63. The summed E-state index contributed by atoms with van der Waals surface area (Å²) < 4.78 is 5.15. The number of nitrogens with two attached hydrogens (primary N) is 2. The van der Waals surface area contributed by atoms with Crippen LogP contribution in [0, 0.1) is 0 Å². The Morgan fingerprint density at radius 2 is 1.95 bits per heavy atom. The van der Waals surface area contributed by atoms with Crippen LogP contribution in [-0.4, -0.2) is 25.2 Å². The molecule has 1 atom stereocenters. The first-order valence-electron chi connectivity index (χ1n) is 6.26. The van der Waals surface area contributed by atoms with Crippen molar-refractivity contribution in [3.63, 3.8) is 0 Å². The van der Waals surface area contributed by atoms with Gasteiger partial charge in [0.05, 0.1) is 7.11 Å². The standard InChI is InChI=1S/C13H19N5O/c1-3-4-11-16-12(14)17-13(15)18(11)9-5-7-10(19-2)8-6-9/h5-8,11H,3-4H2,1-2H3,(H4,14,15,16,17)/t11-/m1/s1. The Morgan fingerprint density at radius 1 is 1.26 bits per heavy atom. The van der Waals surface area contributed by atoms with E-state index < -0.39 is 0 Å². The van der Waals surface area contributed by atoms with Crippen LogP contribution in [0.3, 0.4) is 0 Å². The zero-order valence-corrected chi connectivity index (χ0v) is 11.2. The Kier molecular flexibility index (Phi) is 3.89. The smallest absolute Gasteiger partial charge is 0.220 e. The summed E-state index contributed by atoms with van der Waals surface area (Å²) >= 11 is 0. The predicted octanol–water partition coefficient (Wildman–Crippen LogP) is 1.27. The molecule has 0 aromatic heterocycles. The van der Waals surface area contributed by atoms with Crippen molar-refractivity contribution in [2.24, 2.45) is 21.5 Å². The SMILES string of the molecule is CCC[C@@H]1N=C(N)N=C(N)N1c1ccc(OC)cc1. The fourth-order valence-corrected chi connectivity index (χ4v) is 2.06. The lowest BCUT2D eigenvalue weighted by molar-refractivity contribution is 0.415. The van der Waals surface area contributed by atoms with Gasteiger partial charge in [0.25, 0.3) is 0 Å². The molecule has 6 nitrogen and oxygen atoms in total. The first-order valence-corrected chi connectivity index (χ1v) is 6.26. The number of hydrogen-bond donors (Lipinski definition) is 2. The van der Waals surface area contributed by atoms with E-state index in [1.807, 2.05) is 29.2 Å². The average molecular weight is 261 g/mol. The second-order valence-corrected chi connectivity index (χ2v) is 4.29. The molecule has 1 aliphatic rings. The van der Waals surface area contributed by atoms with Gasteiger partial charge in [0, 0.05) is 5.69 Å². The van der Waals surface area contributed by atoms with Gasteiger partial charge < -0.3 is 16.2 Å². The molecule has 1 aromatic carbocycles. The molecule has 2 rings (SSSR count). The van der Waals surface area contributed by atoms with Crippen molar-refractivity contribution in [1.82, 2.24) is 0 Å². The van der Waals surface area contributed by atoms with Crippen LogP contribution in [0.1, 0.15) is 19.8 Å². The number of aliphatic imine (C=N–C) groups is 2. The zero-order chi connectivity index (χ0) is 13.8. The molecule has 0 spiro atoms. The first kappa shape index (κ1) is 13.2. The first-order chi connectivity index (χ1) is 9.15. The van der Waals surface area contributed by atoms with Gasteiger partial charge in [0.2, 0.25) is 11.9 Å². The molecule has 0 radical (unpaired) electrons. The zero-order valence-electron chi connectivity index (χ0n) is 11.2. The summed E-state index contributed by atoms with van der Waals surface area (Å²) in [7, 11) is 1.64. The minimum atomic E-state index is -0.101. The lowest BCUT2D eigenvalue weighted by Gasteiger charge is -2.32. The molecule has 0 saturated heterocycles. The van der Waals surface area contributed by atoms with Gasteiger partial charge in [-0.2, -0.15) is 4.99 Å². The minimum absolute atomic E-state index is 0.101. The van der Waals surface area contributed by atoms with Crippen LogP contribution in [-0.2, 0) is 0 Å². The molecule has 102 valence electrons. The maximum atomic E-state index is 5.98. The Hall–Kier alpha value is -2.24. The summed E-state index contributed by atoms with van der Waals surface area (Å²) in [6.07, 6.45) is 1.75. The van der Waals surface area contributed by atoms with E-state index in [0.29, 0.717) is 5.96 Å². The van der Waals surface area contributed by atoms with E-state index in [4.69, 9.17) is 16.2 Å². The quantitative estimate of drug-likeness (QED) is 0.854. The molecule has 6 heteroatoms. The number of guanidine groups is 2. The molecule has 0 unspecified atom stereocenters. The summed E-state index contributed by atoms with van der Waals surface area (Å²) in [5, 5.41) is 0. The van der Waals surface area contributed by atoms with Gasteiger partial charge in [-0.15, -0.1) is 0 Å². The Balaban J connectivity index is 2.31. The van der Waals surface area contributed by atoms with Crippen molar-refractivity contribution in [2.45, 2.75) is 25.9 Å². The largest absolute Gasteiger partial charge is 0.497 e. The van der Waals surface area contributed by atoms with Crippen molar-refractivity contribution in [1.29, 1.82) is 0 Å². The third-order valence-electron chi connectivity index (χ3n) is 2.95. The minimum Gasteiger partial charge on any atom is -0.497 e. The average Bonchev–Trinajstić information content (AvgIpc) is 2.39. The van der Waals surface area contributed by atoms with Gasteiger partial charge in [0.1, 0.15) is 11.9 Å². The highest BCUT2D eigenvalue weighted by atomic mass is 16.5. The Bertz CT molecular complexity index is 494. The number of rotatable bonds is 4. The Labute approximate surface area is 112 Å². The molecule has 0 bridgehead atoms. The highest BCUT2D eigenvalue weighted by Gasteiger charge is 2.24. The molecule has 0 aliphatic carbocycles. The van der Waals surface area contributed by atoms with Gasteiger partial charge >= 0.3 is 0 Å². The van der Waals surface area contributed by atoms with E-state index in [1.165, 1.54) is 0 Å². The van der Waals surface area contributed by atoms with Crippen molar-refractivity contribution < 1.29 is 4.74 Å². The molecule has 1 heterocycles. The summed E-state index contributed by atoms with van der Waals surface area (Å²) in [5.74, 6) is 1.41. The second kappa shape index (κ2) is 5.60. The van der Waals surface area contributed by atoms with Gasteiger partial charge in [-0.3, -0.25) is 4.90 Å². The van der Waals surface area contributed by atoms with Crippen LogP contribution in [0.5, 0.6) is 5.75 Å². The Morgan fingerprint density at radius 3 is 2.53 bits per heavy atom. The van der Waals surface area contributed by atoms with Gasteiger partial charge in [-0.25, -0.2) is 4.99 Å². The molecule has 0 amide bonds. The van der Waals surface area contributed by atoms with Crippen LogP contribution in [0.25, 0.3) is 0 Å². The van der Waals surface area contributed by atoms with Crippen LogP contribution in [0.4, 0.5) is 5.69 Å². The van der Waals surface area contributed by atoms with Crippen LogP contribution in [0.2, 0.25) is 0 Å². The molecule has 0 saturated carbocycles. The molecule has 1 aromatic rings. The molecule has 0 fully saturated rings. The number of ether oxygens (including phenoxy) is 1. The van der Waals surface area contributed by atoms with E-state index >= 15 is 0 Å². The van der Waals surface area contributed by atoms with Crippen LogP contribution >= 0.6 is 0 Å². The van der Waals surface area contributed by atoms with E-state index in [0.717, 1.165) is 24.3 Å². The van der Waals surface area contributed by atoms with Crippen LogP contribution < -0.4 is 21.1 Å². The maximum absolute atomic E-state index is 5.98. The predicted molar refractivity (Wildman–Crippen MR) is 77.4 cm³/mol. The number of hydrogen-bond acceptors (Lipinski definition) is 6. The number of nitrogens with zero attached hydrogens (tertiary/aromatic N) is 3. The molecule has 1 aliphatic heterocycles. The fourth-order valence-electron chi connectivity index (χ4n) is 2.06. The van der Waals surface area contributed by atoms with E-state index in [1.54, 1.807) is 7.11 Å². The summed E-state index contributed by atoms with van der Waals surface area (Å²) in [5.41, 5.74) is 12.6. The van der Waals surface area contributed by atoms with Gasteiger partial charge in [-0.05, 0) is 30.7 Å². The molecular formula is C13H19N5O. The van der Waals surface area contributed by atoms with Crippen molar-refractivity contribution in [2.75, 3.05) is 12.0 Å². The molecule has 4 N–H and O–H groups in total. The number of benzene rings is 1. The van der Waals surface area contributed by atoms with E-state index in [2.05, 4.69) is 16.9 Å². The molecular weight excluding hydrogens is 242 g/mol. The third kappa shape index (κ3) is 2.78. The van der Waals surface area contributed by atoms with Crippen molar-refractivity contribution in [3.8, 4) is 5.75 Å². The third-order valence-corrected chi connectivity index (χ3v) is 2.95. The molecule has 19 heavy (non-hydrogen) atoms. The van der Waals surface area contributed by atoms with Crippen LogP contribution in [0.15, 0.2) is 34.3 Å². The van der Waals surface area contributed by atoms with Crippen molar-refractivity contribution in [3.05, 3.63) is 24.3 Å². The normalized spacial score (nSPS) is 18.8.